The van der Waals surface area contributed by atoms with Crippen molar-refractivity contribution >= 4 is 0 Å². The molecule has 1 aliphatic rings. The molecule has 1 aromatic rings. The molecule has 2 rings (SSSR count). The van der Waals surface area contributed by atoms with E-state index in [0.717, 1.165) is 24.7 Å². The van der Waals surface area contributed by atoms with Gasteiger partial charge in [0.1, 0.15) is 5.82 Å². The second kappa shape index (κ2) is 4.75. The molecule has 0 aromatic carbocycles. The smallest absolute Gasteiger partial charge is 0.153 e. The lowest BCUT2D eigenvalue weighted by molar-refractivity contribution is 0.579. The van der Waals surface area contributed by atoms with Gasteiger partial charge in [-0.05, 0) is 19.4 Å². The van der Waals surface area contributed by atoms with E-state index in [0.29, 0.717) is 11.8 Å². The van der Waals surface area contributed by atoms with Crippen molar-refractivity contribution < 1.29 is 0 Å². The van der Waals surface area contributed by atoms with Crippen LogP contribution in [-0.2, 0) is 0 Å². The van der Waals surface area contributed by atoms with Crippen molar-refractivity contribution in [2.24, 2.45) is 0 Å². The van der Waals surface area contributed by atoms with Crippen molar-refractivity contribution in [3.63, 3.8) is 0 Å². The average Bonchev–Trinajstić information content (AvgIpc) is 2.55. The lowest BCUT2D eigenvalue weighted by atomic mass is 10.0. The molecule has 0 spiro atoms. The predicted molar refractivity (Wildman–Crippen MR) is 59.9 cm³/mol. The SMILES string of the molecule is CC(C)c1n[nH]c(C2CCCCNC2)n1. The average molecular weight is 208 g/mol. The third kappa shape index (κ3) is 2.56. The Morgan fingerprint density at radius 3 is 2.93 bits per heavy atom. The van der Waals surface area contributed by atoms with Crippen LogP contribution in [0.25, 0.3) is 0 Å². The molecular weight excluding hydrogens is 188 g/mol. The summed E-state index contributed by atoms with van der Waals surface area (Å²) in [6, 6.07) is 0. The minimum Gasteiger partial charge on any atom is -0.316 e. The molecule has 2 N–H and O–H groups in total. The Kier molecular flexibility index (Phi) is 3.36. The molecule has 1 aliphatic heterocycles. The predicted octanol–water partition coefficient (Wildman–Crippen LogP) is 1.79. The van der Waals surface area contributed by atoms with Crippen LogP contribution in [-0.4, -0.2) is 28.3 Å². The summed E-state index contributed by atoms with van der Waals surface area (Å²) in [6.07, 6.45) is 3.79. The molecule has 84 valence electrons. The van der Waals surface area contributed by atoms with Crippen LogP contribution in [0.15, 0.2) is 0 Å². The van der Waals surface area contributed by atoms with Crippen LogP contribution in [0.5, 0.6) is 0 Å². The topological polar surface area (TPSA) is 53.6 Å². The van der Waals surface area contributed by atoms with Crippen molar-refractivity contribution in [2.75, 3.05) is 13.1 Å². The second-order valence-electron chi connectivity index (χ2n) is 4.63. The number of nitrogens with one attached hydrogen (secondary N) is 2. The number of rotatable bonds is 2. The molecule has 1 saturated heterocycles. The Morgan fingerprint density at radius 2 is 2.20 bits per heavy atom. The lowest BCUT2D eigenvalue weighted by Crippen LogP contribution is -2.20. The highest BCUT2D eigenvalue weighted by Gasteiger charge is 2.18. The third-order valence-corrected chi connectivity index (χ3v) is 2.97. The first kappa shape index (κ1) is 10.6. The van der Waals surface area contributed by atoms with Gasteiger partial charge in [0.05, 0.1) is 0 Å². The first-order valence-electron chi connectivity index (χ1n) is 5.90. The maximum atomic E-state index is 4.57. The highest BCUT2D eigenvalue weighted by atomic mass is 15.2. The molecule has 4 nitrogen and oxygen atoms in total. The molecular formula is C11H20N4. The quantitative estimate of drug-likeness (QED) is 0.779. The molecule has 0 bridgehead atoms. The monoisotopic (exact) mass is 208 g/mol. The summed E-state index contributed by atoms with van der Waals surface area (Å²) in [5.41, 5.74) is 0. The number of aromatic nitrogens is 3. The Balaban J connectivity index is 2.06. The van der Waals surface area contributed by atoms with Gasteiger partial charge in [0.15, 0.2) is 5.82 Å². The molecule has 0 aliphatic carbocycles. The van der Waals surface area contributed by atoms with E-state index in [1.165, 1.54) is 19.3 Å². The van der Waals surface area contributed by atoms with Crippen LogP contribution in [0, 0.1) is 0 Å². The van der Waals surface area contributed by atoms with Crippen LogP contribution in [0.2, 0.25) is 0 Å². The number of aromatic amines is 1. The van der Waals surface area contributed by atoms with Crippen LogP contribution in [0.4, 0.5) is 0 Å². The zero-order valence-corrected chi connectivity index (χ0v) is 9.58. The zero-order valence-electron chi connectivity index (χ0n) is 9.58. The maximum Gasteiger partial charge on any atom is 0.153 e. The summed E-state index contributed by atoms with van der Waals surface area (Å²) in [6.45, 7) is 6.42. The van der Waals surface area contributed by atoms with E-state index >= 15 is 0 Å². The summed E-state index contributed by atoms with van der Waals surface area (Å²) >= 11 is 0. The van der Waals surface area contributed by atoms with Gasteiger partial charge in [0.2, 0.25) is 0 Å². The van der Waals surface area contributed by atoms with Gasteiger partial charge in [-0.25, -0.2) is 4.98 Å². The lowest BCUT2D eigenvalue weighted by Gasteiger charge is -2.09. The van der Waals surface area contributed by atoms with Gasteiger partial charge in [-0.3, -0.25) is 5.10 Å². The Bertz CT molecular complexity index is 297. The molecule has 1 fully saturated rings. The normalized spacial score (nSPS) is 23.0. The van der Waals surface area contributed by atoms with E-state index in [-0.39, 0.29) is 0 Å². The molecule has 1 unspecified atom stereocenters. The molecule has 4 heteroatoms. The van der Waals surface area contributed by atoms with Gasteiger partial charge < -0.3 is 5.32 Å². The number of H-pyrrole nitrogens is 1. The highest BCUT2D eigenvalue weighted by Crippen LogP contribution is 2.21. The number of nitrogens with zero attached hydrogens (tertiary/aromatic N) is 2. The molecule has 1 aromatic heterocycles. The Morgan fingerprint density at radius 1 is 1.33 bits per heavy atom. The van der Waals surface area contributed by atoms with Gasteiger partial charge in [-0.15, -0.1) is 0 Å². The Hall–Kier alpha value is -0.900. The fourth-order valence-electron chi connectivity index (χ4n) is 1.98. The van der Waals surface area contributed by atoms with Crippen LogP contribution in [0.1, 0.15) is 56.6 Å². The summed E-state index contributed by atoms with van der Waals surface area (Å²) in [5.74, 6) is 2.93. The van der Waals surface area contributed by atoms with E-state index in [4.69, 9.17) is 0 Å². The summed E-state index contributed by atoms with van der Waals surface area (Å²) in [7, 11) is 0. The first-order chi connectivity index (χ1) is 7.27. The fraction of sp³-hybridized carbons (Fsp3) is 0.818. The largest absolute Gasteiger partial charge is 0.316 e. The third-order valence-electron chi connectivity index (χ3n) is 2.97. The number of hydrogen-bond acceptors (Lipinski definition) is 3. The second-order valence-corrected chi connectivity index (χ2v) is 4.63. The van der Waals surface area contributed by atoms with Gasteiger partial charge in [0, 0.05) is 18.4 Å². The minimum absolute atomic E-state index is 0.411. The molecule has 15 heavy (non-hydrogen) atoms. The van der Waals surface area contributed by atoms with Gasteiger partial charge >= 0.3 is 0 Å². The molecule has 1 atom stereocenters. The van der Waals surface area contributed by atoms with E-state index in [2.05, 4.69) is 34.3 Å². The fourth-order valence-corrected chi connectivity index (χ4v) is 1.98. The van der Waals surface area contributed by atoms with E-state index in [9.17, 15) is 0 Å². The molecule has 0 amide bonds. The minimum atomic E-state index is 0.411. The van der Waals surface area contributed by atoms with Gasteiger partial charge in [-0.2, -0.15) is 5.10 Å². The highest BCUT2D eigenvalue weighted by molar-refractivity contribution is 5.01. The van der Waals surface area contributed by atoms with Gasteiger partial charge in [-0.1, -0.05) is 20.3 Å². The van der Waals surface area contributed by atoms with Gasteiger partial charge in [0.25, 0.3) is 0 Å². The van der Waals surface area contributed by atoms with Crippen molar-refractivity contribution in [1.82, 2.24) is 20.5 Å². The first-order valence-corrected chi connectivity index (χ1v) is 5.90. The number of hydrogen-bond donors (Lipinski definition) is 2. The Labute approximate surface area is 90.9 Å². The van der Waals surface area contributed by atoms with Crippen molar-refractivity contribution in [3.8, 4) is 0 Å². The molecule has 0 saturated carbocycles. The van der Waals surface area contributed by atoms with Crippen molar-refractivity contribution in [1.29, 1.82) is 0 Å². The molecule has 2 heterocycles. The van der Waals surface area contributed by atoms with Crippen LogP contribution in [0.3, 0.4) is 0 Å². The van der Waals surface area contributed by atoms with E-state index < -0.39 is 0 Å². The zero-order chi connectivity index (χ0) is 10.7. The van der Waals surface area contributed by atoms with E-state index in [1.54, 1.807) is 0 Å². The maximum absolute atomic E-state index is 4.57. The summed E-state index contributed by atoms with van der Waals surface area (Å²) in [4.78, 5) is 4.57. The van der Waals surface area contributed by atoms with E-state index in [1.807, 2.05) is 0 Å². The standard InChI is InChI=1S/C11H20N4/c1-8(2)10-13-11(15-14-10)9-5-3-4-6-12-7-9/h8-9,12H,3-7H2,1-2H3,(H,13,14,15). The molecule has 0 radical (unpaired) electrons. The van der Waals surface area contributed by atoms with Crippen molar-refractivity contribution in [3.05, 3.63) is 11.6 Å². The summed E-state index contributed by atoms with van der Waals surface area (Å²) in [5, 5.41) is 10.8. The van der Waals surface area contributed by atoms with Crippen molar-refractivity contribution in [2.45, 2.75) is 44.9 Å². The van der Waals surface area contributed by atoms with Crippen LogP contribution >= 0.6 is 0 Å². The van der Waals surface area contributed by atoms with Crippen LogP contribution < -0.4 is 5.32 Å². The summed E-state index contributed by atoms with van der Waals surface area (Å²) < 4.78 is 0.